The van der Waals surface area contributed by atoms with Crippen molar-refractivity contribution in [2.75, 3.05) is 0 Å². The molecule has 1 saturated carbocycles. The van der Waals surface area contributed by atoms with Crippen molar-refractivity contribution >= 4 is 17.5 Å². The number of nitrogens with two attached hydrogens (primary N) is 1. The van der Waals surface area contributed by atoms with E-state index in [2.05, 4.69) is 0 Å². The number of amides is 1. The second-order valence-corrected chi connectivity index (χ2v) is 5.32. The Balaban J connectivity index is 2.20. The molecule has 0 bridgehead atoms. The molecule has 5 heteroatoms. The minimum absolute atomic E-state index is 0.121. The molecule has 0 radical (unpaired) electrons. The lowest BCUT2D eigenvalue weighted by Gasteiger charge is -2.26. The average molecular weight is 285 g/mol. The number of hydrogen-bond donors (Lipinski definition) is 1. The van der Waals surface area contributed by atoms with Gasteiger partial charge in [0.1, 0.15) is 5.82 Å². The summed E-state index contributed by atoms with van der Waals surface area (Å²) >= 11 is 6.01. The Bertz CT molecular complexity index is 456. The van der Waals surface area contributed by atoms with Gasteiger partial charge >= 0.3 is 0 Å². The fraction of sp³-hybridized carbons (Fsp3) is 0.500. The van der Waals surface area contributed by atoms with Gasteiger partial charge in [0.25, 0.3) is 0 Å². The van der Waals surface area contributed by atoms with Crippen molar-refractivity contribution < 1.29 is 9.18 Å². The van der Waals surface area contributed by atoms with Crippen molar-refractivity contribution in [3.8, 4) is 0 Å². The molecule has 104 valence electrons. The topological polar surface area (TPSA) is 46.3 Å². The zero-order valence-electron chi connectivity index (χ0n) is 10.9. The van der Waals surface area contributed by atoms with Gasteiger partial charge in [0, 0.05) is 16.6 Å². The van der Waals surface area contributed by atoms with Crippen LogP contribution in [0.4, 0.5) is 4.39 Å². The molecule has 0 heterocycles. The molecule has 1 fully saturated rings. The van der Waals surface area contributed by atoms with Gasteiger partial charge in [-0.3, -0.25) is 4.79 Å². The van der Waals surface area contributed by atoms with Crippen LogP contribution in [0.5, 0.6) is 0 Å². The van der Waals surface area contributed by atoms with Crippen molar-refractivity contribution in [2.45, 2.75) is 44.8 Å². The van der Waals surface area contributed by atoms with Gasteiger partial charge in [0.2, 0.25) is 5.91 Å². The van der Waals surface area contributed by atoms with Crippen molar-refractivity contribution in [2.24, 2.45) is 5.73 Å². The molecule has 1 unspecified atom stereocenters. The first-order chi connectivity index (χ1) is 9.04. The summed E-state index contributed by atoms with van der Waals surface area (Å²) in [6.07, 6.45) is 2.48. The fourth-order valence-corrected chi connectivity index (χ4v) is 2.24. The van der Waals surface area contributed by atoms with E-state index in [0.29, 0.717) is 17.0 Å². The van der Waals surface area contributed by atoms with Gasteiger partial charge in [-0.2, -0.15) is 0 Å². The van der Waals surface area contributed by atoms with E-state index < -0.39 is 6.04 Å². The molecule has 0 saturated heterocycles. The normalized spacial score (nSPS) is 16.2. The summed E-state index contributed by atoms with van der Waals surface area (Å²) in [6.45, 7) is 2.06. The van der Waals surface area contributed by atoms with E-state index in [1.165, 1.54) is 6.07 Å². The Morgan fingerprint density at radius 3 is 2.79 bits per heavy atom. The molecule has 1 amide bonds. The number of carbonyl (C=O) groups is 1. The lowest BCUT2D eigenvalue weighted by atomic mass is 10.1. The quantitative estimate of drug-likeness (QED) is 0.904. The van der Waals surface area contributed by atoms with Crippen LogP contribution in [0, 0.1) is 5.82 Å². The minimum atomic E-state index is -0.522. The third-order valence-electron chi connectivity index (χ3n) is 3.42. The Morgan fingerprint density at radius 1 is 1.58 bits per heavy atom. The summed E-state index contributed by atoms with van der Waals surface area (Å²) in [6, 6.07) is 4.21. The highest BCUT2D eigenvalue weighted by Gasteiger charge is 2.35. The average Bonchev–Trinajstić information content (AvgIpc) is 3.21. The van der Waals surface area contributed by atoms with Crippen molar-refractivity contribution in [3.05, 3.63) is 34.6 Å². The largest absolute Gasteiger partial charge is 0.334 e. The molecule has 1 aromatic carbocycles. The molecule has 19 heavy (non-hydrogen) atoms. The van der Waals surface area contributed by atoms with Gasteiger partial charge in [-0.15, -0.1) is 0 Å². The molecular weight excluding hydrogens is 267 g/mol. The van der Waals surface area contributed by atoms with Gasteiger partial charge in [-0.25, -0.2) is 4.39 Å². The molecule has 0 aromatic heterocycles. The van der Waals surface area contributed by atoms with Crippen LogP contribution in [0.25, 0.3) is 0 Å². The van der Waals surface area contributed by atoms with Crippen molar-refractivity contribution in [1.82, 2.24) is 4.90 Å². The number of hydrogen-bond acceptors (Lipinski definition) is 2. The van der Waals surface area contributed by atoms with E-state index in [4.69, 9.17) is 17.3 Å². The van der Waals surface area contributed by atoms with Crippen LogP contribution in [-0.2, 0) is 11.3 Å². The van der Waals surface area contributed by atoms with E-state index in [1.807, 2.05) is 6.92 Å². The first-order valence-electron chi connectivity index (χ1n) is 6.53. The first-order valence-corrected chi connectivity index (χ1v) is 6.91. The summed E-state index contributed by atoms with van der Waals surface area (Å²) in [7, 11) is 0. The Hall–Kier alpha value is -1.13. The zero-order chi connectivity index (χ0) is 14.0. The number of carbonyl (C=O) groups excluding carboxylic acids is 1. The zero-order valence-corrected chi connectivity index (χ0v) is 11.7. The Kier molecular flexibility index (Phi) is 4.42. The third-order valence-corrected chi connectivity index (χ3v) is 3.77. The summed E-state index contributed by atoms with van der Waals surface area (Å²) in [5.74, 6) is -0.500. The molecule has 1 aliphatic rings. The molecule has 0 aliphatic heterocycles. The van der Waals surface area contributed by atoms with E-state index in [0.717, 1.165) is 12.8 Å². The Morgan fingerprint density at radius 2 is 2.26 bits per heavy atom. The molecule has 2 rings (SSSR count). The van der Waals surface area contributed by atoms with Crippen LogP contribution in [0.15, 0.2) is 18.2 Å². The number of nitrogens with zero attached hydrogens (tertiary/aromatic N) is 1. The predicted octanol–water partition coefficient (Wildman–Crippen LogP) is 2.71. The van der Waals surface area contributed by atoms with E-state index in [-0.39, 0.29) is 24.3 Å². The number of benzene rings is 1. The van der Waals surface area contributed by atoms with Crippen LogP contribution >= 0.6 is 11.6 Å². The first kappa shape index (κ1) is 14.3. The van der Waals surface area contributed by atoms with Gasteiger partial charge in [-0.05, 0) is 31.4 Å². The lowest BCUT2D eigenvalue weighted by molar-refractivity contribution is -0.133. The van der Waals surface area contributed by atoms with Crippen LogP contribution in [0.3, 0.4) is 0 Å². The second kappa shape index (κ2) is 5.88. The summed E-state index contributed by atoms with van der Waals surface area (Å²) in [4.78, 5) is 13.9. The molecule has 1 aromatic rings. The highest BCUT2D eigenvalue weighted by atomic mass is 35.5. The monoisotopic (exact) mass is 284 g/mol. The molecule has 1 aliphatic carbocycles. The minimum Gasteiger partial charge on any atom is -0.334 e. The SMILES string of the molecule is CCC(N)C(=O)N(Cc1c(F)cccc1Cl)C1CC1. The molecule has 2 N–H and O–H groups in total. The van der Waals surface area contributed by atoms with Crippen LogP contribution in [0.2, 0.25) is 5.02 Å². The third kappa shape index (κ3) is 3.25. The van der Waals surface area contributed by atoms with Gasteiger partial charge in [-0.1, -0.05) is 24.6 Å². The smallest absolute Gasteiger partial charge is 0.240 e. The van der Waals surface area contributed by atoms with Gasteiger partial charge in [0.05, 0.1) is 12.6 Å². The van der Waals surface area contributed by atoms with E-state index in [1.54, 1.807) is 17.0 Å². The lowest BCUT2D eigenvalue weighted by Crippen LogP contribution is -2.44. The fourth-order valence-electron chi connectivity index (χ4n) is 2.01. The van der Waals surface area contributed by atoms with E-state index in [9.17, 15) is 9.18 Å². The highest BCUT2D eigenvalue weighted by molar-refractivity contribution is 6.31. The molecular formula is C14H18ClFN2O. The standard InChI is InChI=1S/C14H18ClFN2O/c1-2-13(17)14(19)18(9-6-7-9)8-10-11(15)4-3-5-12(10)16/h3-5,9,13H,2,6-8,17H2,1H3. The summed E-state index contributed by atoms with van der Waals surface area (Å²) in [5.41, 5.74) is 6.16. The maximum absolute atomic E-state index is 13.8. The molecule has 0 spiro atoms. The predicted molar refractivity (Wildman–Crippen MR) is 73.2 cm³/mol. The number of halogens is 2. The van der Waals surface area contributed by atoms with Crippen molar-refractivity contribution in [1.29, 1.82) is 0 Å². The van der Waals surface area contributed by atoms with Crippen LogP contribution < -0.4 is 5.73 Å². The van der Waals surface area contributed by atoms with E-state index >= 15 is 0 Å². The molecule has 1 atom stereocenters. The summed E-state index contributed by atoms with van der Waals surface area (Å²) in [5, 5.41) is 0.350. The Labute approximate surface area is 117 Å². The van der Waals surface area contributed by atoms with Gasteiger partial charge in [0.15, 0.2) is 0 Å². The summed E-state index contributed by atoms with van der Waals surface area (Å²) < 4.78 is 13.8. The maximum Gasteiger partial charge on any atom is 0.240 e. The second-order valence-electron chi connectivity index (χ2n) is 4.91. The molecule has 3 nitrogen and oxygen atoms in total. The highest BCUT2D eigenvalue weighted by Crippen LogP contribution is 2.31. The van der Waals surface area contributed by atoms with Crippen LogP contribution in [0.1, 0.15) is 31.7 Å². The maximum atomic E-state index is 13.8. The van der Waals surface area contributed by atoms with Crippen molar-refractivity contribution in [3.63, 3.8) is 0 Å². The number of rotatable bonds is 5. The van der Waals surface area contributed by atoms with Crippen LogP contribution in [-0.4, -0.2) is 22.9 Å². The van der Waals surface area contributed by atoms with Gasteiger partial charge < -0.3 is 10.6 Å².